The Hall–Kier alpha value is -0.130. The minimum absolute atomic E-state index is 0.210. The van der Waals surface area contributed by atoms with Gasteiger partial charge in [0.25, 0.3) is 0 Å². The van der Waals surface area contributed by atoms with Crippen molar-refractivity contribution in [3.05, 3.63) is 0 Å². The van der Waals surface area contributed by atoms with Crippen molar-refractivity contribution in [1.29, 1.82) is 0 Å². The lowest BCUT2D eigenvalue weighted by atomic mass is 10.1. The highest BCUT2D eigenvalue weighted by molar-refractivity contribution is 7.89. The Labute approximate surface area is 106 Å². The zero-order valence-electron chi connectivity index (χ0n) is 11.3. The van der Waals surface area contributed by atoms with Crippen molar-refractivity contribution < 1.29 is 8.42 Å². The predicted octanol–water partition coefficient (Wildman–Crippen LogP) is 1.58. The third kappa shape index (κ3) is 3.93. The fourth-order valence-corrected chi connectivity index (χ4v) is 4.08. The number of nitrogens with one attached hydrogen (secondary N) is 1. The Bertz CT molecular complexity index is 308. The molecule has 1 fully saturated rings. The standard InChI is InChI=1S/C12H26N2O2S/c1-11(10-13-2)17(15,16)14(3)12-8-6-4-5-7-9-12/h11-13H,4-10H2,1-3H3. The topological polar surface area (TPSA) is 49.4 Å². The van der Waals surface area contributed by atoms with Crippen LogP contribution in [0.2, 0.25) is 0 Å². The minimum Gasteiger partial charge on any atom is -0.318 e. The summed E-state index contributed by atoms with van der Waals surface area (Å²) in [4.78, 5) is 0. The highest BCUT2D eigenvalue weighted by Crippen LogP contribution is 2.24. The first kappa shape index (κ1) is 14.9. The summed E-state index contributed by atoms with van der Waals surface area (Å²) >= 11 is 0. The van der Waals surface area contributed by atoms with Gasteiger partial charge in [-0.2, -0.15) is 0 Å². The molecule has 0 saturated heterocycles. The Morgan fingerprint density at radius 1 is 1.24 bits per heavy atom. The normalized spacial score (nSPS) is 21.4. The number of hydrogen-bond donors (Lipinski definition) is 1. The van der Waals surface area contributed by atoms with Crippen LogP contribution >= 0.6 is 0 Å². The number of sulfonamides is 1. The number of nitrogens with zero attached hydrogens (tertiary/aromatic N) is 1. The molecule has 1 unspecified atom stereocenters. The smallest absolute Gasteiger partial charge is 0.217 e. The van der Waals surface area contributed by atoms with Gasteiger partial charge in [0.2, 0.25) is 10.0 Å². The Morgan fingerprint density at radius 3 is 2.24 bits per heavy atom. The molecule has 1 aliphatic carbocycles. The summed E-state index contributed by atoms with van der Waals surface area (Å²) in [5, 5.41) is 2.59. The van der Waals surface area contributed by atoms with E-state index in [1.807, 2.05) is 0 Å². The van der Waals surface area contributed by atoms with Crippen molar-refractivity contribution in [1.82, 2.24) is 9.62 Å². The minimum atomic E-state index is -3.15. The van der Waals surface area contributed by atoms with Crippen molar-refractivity contribution >= 4 is 10.0 Å². The molecule has 0 spiro atoms. The van der Waals surface area contributed by atoms with Gasteiger partial charge in [-0.15, -0.1) is 0 Å². The van der Waals surface area contributed by atoms with Crippen LogP contribution in [0, 0.1) is 0 Å². The molecule has 0 aromatic rings. The van der Waals surface area contributed by atoms with Crippen molar-refractivity contribution in [2.45, 2.75) is 56.7 Å². The van der Waals surface area contributed by atoms with Crippen LogP contribution in [0.5, 0.6) is 0 Å². The zero-order chi connectivity index (χ0) is 12.9. The highest BCUT2D eigenvalue weighted by Gasteiger charge is 2.30. The molecule has 0 heterocycles. The molecule has 1 aliphatic rings. The molecule has 0 radical (unpaired) electrons. The van der Waals surface area contributed by atoms with Crippen LogP contribution in [0.1, 0.15) is 45.4 Å². The van der Waals surface area contributed by atoms with E-state index in [1.54, 1.807) is 25.3 Å². The third-order valence-corrected chi connectivity index (χ3v) is 6.02. The lowest BCUT2D eigenvalue weighted by Crippen LogP contribution is -2.44. The fourth-order valence-electron chi connectivity index (χ4n) is 2.51. The molecule has 17 heavy (non-hydrogen) atoms. The van der Waals surface area contributed by atoms with Crippen LogP contribution < -0.4 is 5.32 Å². The maximum absolute atomic E-state index is 12.3. The van der Waals surface area contributed by atoms with Crippen LogP contribution in [0.3, 0.4) is 0 Å². The van der Waals surface area contributed by atoms with Gasteiger partial charge in [-0.3, -0.25) is 0 Å². The highest BCUT2D eigenvalue weighted by atomic mass is 32.2. The maximum Gasteiger partial charge on any atom is 0.217 e. The molecule has 0 aliphatic heterocycles. The molecule has 0 amide bonds. The first-order valence-electron chi connectivity index (χ1n) is 6.61. The largest absolute Gasteiger partial charge is 0.318 e. The lowest BCUT2D eigenvalue weighted by Gasteiger charge is -2.29. The van der Waals surface area contributed by atoms with E-state index in [2.05, 4.69) is 5.32 Å². The molecule has 102 valence electrons. The van der Waals surface area contributed by atoms with E-state index in [0.717, 1.165) is 25.7 Å². The summed E-state index contributed by atoms with van der Waals surface area (Å²) in [5.74, 6) is 0. The van der Waals surface area contributed by atoms with Crippen molar-refractivity contribution in [3.63, 3.8) is 0 Å². The first-order valence-corrected chi connectivity index (χ1v) is 8.12. The molecule has 5 heteroatoms. The Morgan fingerprint density at radius 2 is 1.76 bits per heavy atom. The molecular formula is C12H26N2O2S. The molecule has 0 aromatic carbocycles. The Kier molecular flexibility index (Phi) is 5.89. The van der Waals surface area contributed by atoms with E-state index in [0.29, 0.717) is 6.54 Å². The van der Waals surface area contributed by atoms with Crippen LogP contribution in [0.4, 0.5) is 0 Å². The van der Waals surface area contributed by atoms with E-state index in [-0.39, 0.29) is 11.3 Å². The molecule has 4 nitrogen and oxygen atoms in total. The lowest BCUT2D eigenvalue weighted by molar-refractivity contribution is 0.332. The molecule has 1 N–H and O–H groups in total. The molecule has 1 rings (SSSR count). The SMILES string of the molecule is CNCC(C)S(=O)(=O)N(C)C1CCCCCC1. The van der Waals surface area contributed by atoms with E-state index < -0.39 is 10.0 Å². The third-order valence-electron chi connectivity index (χ3n) is 3.74. The van der Waals surface area contributed by atoms with Crippen molar-refractivity contribution in [2.24, 2.45) is 0 Å². The monoisotopic (exact) mass is 262 g/mol. The van der Waals surface area contributed by atoms with Crippen LogP contribution in [-0.4, -0.2) is 44.7 Å². The summed E-state index contributed by atoms with van der Waals surface area (Å²) in [5.41, 5.74) is 0. The van der Waals surface area contributed by atoms with Crippen LogP contribution in [0.15, 0.2) is 0 Å². The average molecular weight is 262 g/mol. The van der Waals surface area contributed by atoms with Gasteiger partial charge in [0, 0.05) is 19.6 Å². The zero-order valence-corrected chi connectivity index (χ0v) is 12.1. The van der Waals surface area contributed by atoms with Crippen LogP contribution in [0.25, 0.3) is 0 Å². The summed E-state index contributed by atoms with van der Waals surface area (Å²) in [7, 11) is 0.391. The molecule has 1 saturated carbocycles. The van der Waals surface area contributed by atoms with Gasteiger partial charge in [0.05, 0.1) is 5.25 Å². The van der Waals surface area contributed by atoms with Crippen LogP contribution in [-0.2, 0) is 10.0 Å². The van der Waals surface area contributed by atoms with Gasteiger partial charge in [0.15, 0.2) is 0 Å². The summed E-state index contributed by atoms with van der Waals surface area (Å²) < 4.78 is 26.3. The fraction of sp³-hybridized carbons (Fsp3) is 1.00. The average Bonchev–Trinajstić information content (AvgIpc) is 2.56. The number of rotatable bonds is 5. The molecular weight excluding hydrogens is 236 g/mol. The molecule has 0 aromatic heterocycles. The summed E-state index contributed by atoms with van der Waals surface area (Å²) in [6.07, 6.45) is 6.84. The van der Waals surface area contributed by atoms with Gasteiger partial charge in [0.1, 0.15) is 0 Å². The summed E-state index contributed by atoms with van der Waals surface area (Å²) in [6, 6.07) is 0.210. The van der Waals surface area contributed by atoms with Gasteiger partial charge in [-0.05, 0) is 26.8 Å². The predicted molar refractivity (Wildman–Crippen MR) is 71.6 cm³/mol. The summed E-state index contributed by atoms with van der Waals surface area (Å²) in [6.45, 7) is 2.29. The van der Waals surface area contributed by atoms with E-state index in [9.17, 15) is 8.42 Å². The quantitative estimate of drug-likeness (QED) is 0.765. The second-order valence-electron chi connectivity index (χ2n) is 5.07. The van der Waals surface area contributed by atoms with Crippen molar-refractivity contribution in [3.8, 4) is 0 Å². The van der Waals surface area contributed by atoms with Gasteiger partial charge in [-0.25, -0.2) is 12.7 Å². The molecule has 1 atom stereocenters. The maximum atomic E-state index is 12.3. The van der Waals surface area contributed by atoms with E-state index in [1.165, 1.54) is 12.8 Å². The second-order valence-corrected chi connectivity index (χ2v) is 7.49. The Balaban J connectivity index is 2.69. The number of hydrogen-bond acceptors (Lipinski definition) is 3. The van der Waals surface area contributed by atoms with Gasteiger partial charge >= 0.3 is 0 Å². The second kappa shape index (κ2) is 6.71. The van der Waals surface area contributed by atoms with Gasteiger partial charge < -0.3 is 5.32 Å². The van der Waals surface area contributed by atoms with Gasteiger partial charge in [-0.1, -0.05) is 25.7 Å². The first-order chi connectivity index (χ1) is 8.00. The molecule has 0 bridgehead atoms. The van der Waals surface area contributed by atoms with E-state index in [4.69, 9.17) is 0 Å². The van der Waals surface area contributed by atoms with E-state index >= 15 is 0 Å². The van der Waals surface area contributed by atoms with Crippen molar-refractivity contribution in [2.75, 3.05) is 20.6 Å².